The monoisotopic (exact) mass is 558 g/mol. The molecular weight excluding hydrogens is 524 g/mol. The van der Waals surface area contributed by atoms with Gasteiger partial charge in [0.15, 0.2) is 17.3 Å². The highest BCUT2D eigenvalue weighted by Crippen LogP contribution is 2.28. The molecule has 0 saturated heterocycles. The number of nitrogens with zero attached hydrogens (tertiary/aromatic N) is 6. The molecule has 2 aromatic heterocycles. The molecule has 12 nitrogen and oxygen atoms in total. The Morgan fingerprint density at radius 3 is 2.68 bits per heavy atom. The second kappa shape index (κ2) is 12.6. The zero-order chi connectivity index (χ0) is 28.8. The van der Waals surface area contributed by atoms with Crippen molar-refractivity contribution in [2.24, 2.45) is 7.05 Å². The first-order chi connectivity index (χ1) is 19.9. The maximum Gasteiger partial charge on any atom is 0.251 e. The molecule has 12 heteroatoms. The van der Waals surface area contributed by atoms with Crippen LogP contribution in [0.25, 0.3) is 11.4 Å². The van der Waals surface area contributed by atoms with Crippen LogP contribution >= 0.6 is 0 Å². The minimum atomic E-state index is -0.416. The van der Waals surface area contributed by atoms with Crippen LogP contribution in [0.4, 0.5) is 0 Å². The Labute approximate surface area is 238 Å². The number of rotatable bonds is 4. The van der Waals surface area contributed by atoms with Crippen LogP contribution in [0.15, 0.2) is 60.9 Å². The Balaban J connectivity index is 1.45. The highest BCUT2D eigenvalue weighted by molar-refractivity contribution is 5.94. The maximum atomic E-state index is 13.2. The molecule has 3 heterocycles. The first-order valence-corrected chi connectivity index (χ1v) is 13.5. The Kier molecular flexibility index (Phi) is 8.59. The van der Waals surface area contributed by atoms with Crippen LogP contribution in [0.2, 0.25) is 0 Å². The molecule has 2 aromatic carbocycles. The third kappa shape index (κ3) is 6.90. The molecule has 5 rings (SSSR count). The Morgan fingerprint density at radius 1 is 1.10 bits per heavy atom. The first-order valence-electron chi connectivity index (χ1n) is 13.5. The minimum absolute atomic E-state index is 0.130. The van der Waals surface area contributed by atoms with Gasteiger partial charge in [-0.25, -0.2) is 9.67 Å². The number of ether oxygens (including phenoxy) is 2. The van der Waals surface area contributed by atoms with Crippen LogP contribution in [0.3, 0.4) is 0 Å². The molecule has 2 amide bonds. The molecule has 2 bridgehead atoms. The maximum absolute atomic E-state index is 13.2. The Hall–Kier alpha value is -4.71. The molecule has 0 fully saturated rings. The van der Waals surface area contributed by atoms with Crippen molar-refractivity contribution in [3.63, 3.8) is 0 Å². The molecule has 0 spiro atoms. The van der Waals surface area contributed by atoms with Crippen molar-refractivity contribution >= 4 is 11.8 Å². The van der Waals surface area contributed by atoms with Gasteiger partial charge in [0.05, 0.1) is 32.4 Å². The lowest BCUT2D eigenvalue weighted by Crippen LogP contribution is -2.41. The van der Waals surface area contributed by atoms with Gasteiger partial charge < -0.3 is 20.1 Å². The zero-order valence-corrected chi connectivity index (χ0v) is 23.4. The van der Waals surface area contributed by atoms with E-state index in [4.69, 9.17) is 19.6 Å². The number of hydrogen-bond acceptors (Lipinski definition) is 8. The summed E-state index contributed by atoms with van der Waals surface area (Å²) in [5.74, 6) is 1.74. The van der Waals surface area contributed by atoms with E-state index in [1.54, 1.807) is 40.9 Å². The lowest BCUT2D eigenvalue weighted by molar-refractivity contribution is -0.123. The number of carbonyl (C=O) groups is 2. The predicted octanol–water partition coefficient (Wildman–Crippen LogP) is 2.19. The summed E-state index contributed by atoms with van der Waals surface area (Å²) in [6.07, 6.45) is 3.68. The van der Waals surface area contributed by atoms with Crippen molar-refractivity contribution in [1.29, 1.82) is 0 Å². The van der Waals surface area contributed by atoms with Gasteiger partial charge in [-0.15, -0.1) is 0 Å². The Morgan fingerprint density at radius 2 is 1.93 bits per heavy atom. The number of hydrogen-bond donors (Lipinski definition) is 2. The second-order valence-corrected chi connectivity index (χ2v) is 9.87. The lowest BCUT2D eigenvalue weighted by Gasteiger charge is -2.22. The van der Waals surface area contributed by atoms with Gasteiger partial charge in [-0.1, -0.05) is 30.3 Å². The average molecular weight is 559 g/mol. The summed E-state index contributed by atoms with van der Waals surface area (Å²) >= 11 is 0. The van der Waals surface area contributed by atoms with Crippen molar-refractivity contribution in [1.82, 2.24) is 40.1 Å². The molecule has 4 aromatic rings. The summed E-state index contributed by atoms with van der Waals surface area (Å²) in [6, 6.07) is 14.4. The summed E-state index contributed by atoms with van der Waals surface area (Å²) < 4.78 is 15.0. The predicted molar refractivity (Wildman–Crippen MR) is 151 cm³/mol. The van der Waals surface area contributed by atoms with Crippen LogP contribution in [0, 0.1) is 0 Å². The van der Waals surface area contributed by atoms with Crippen molar-refractivity contribution in [2.45, 2.75) is 26.1 Å². The summed E-state index contributed by atoms with van der Waals surface area (Å²) in [5.41, 5.74) is 2.29. The van der Waals surface area contributed by atoms with Gasteiger partial charge >= 0.3 is 0 Å². The molecule has 0 radical (unpaired) electrons. The summed E-state index contributed by atoms with van der Waals surface area (Å²) in [5, 5.41) is 15.0. The molecule has 41 heavy (non-hydrogen) atoms. The van der Waals surface area contributed by atoms with Crippen molar-refractivity contribution in [3.8, 4) is 22.9 Å². The minimum Gasteiger partial charge on any atom is -0.493 e. The van der Waals surface area contributed by atoms with Gasteiger partial charge in [-0.05, 0) is 25.1 Å². The van der Waals surface area contributed by atoms with E-state index in [2.05, 4.69) is 15.7 Å². The van der Waals surface area contributed by atoms with Crippen molar-refractivity contribution < 1.29 is 19.1 Å². The summed E-state index contributed by atoms with van der Waals surface area (Å²) in [7, 11) is 3.40. The standard InChI is InChI=1S/C29H34N8O4/c1-20-28-33-27(22-7-5-4-6-8-22)34-37(28)13-14-41-25-15-23(9-10-24(25)40-3)29(39)30-11-12-36(19-26(38)32-20)18-21-16-31-35(2)17-21/h4-10,15-17,20H,11-14,18-19H2,1-3H3,(H,30,39)(H,32,38)/t20-/m1/s1. The van der Waals surface area contributed by atoms with E-state index in [-0.39, 0.29) is 25.0 Å². The van der Waals surface area contributed by atoms with Crippen molar-refractivity contribution in [2.75, 3.05) is 33.4 Å². The number of methoxy groups -OCH3 is 1. The SMILES string of the molecule is COc1ccc2cc1OCCn1nc(-c3ccccc3)nc1[C@@H](C)NC(=O)CN(Cc1cnn(C)c1)CCNC2=O. The first kappa shape index (κ1) is 27.8. The number of aryl methyl sites for hydroxylation is 1. The number of amides is 2. The smallest absolute Gasteiger partial charge is 0.251 e. The number of benzene rings is 2. The second-order valence-electron chi connectivity index (χ2n) is 9.87. The van der Waals surface area contributed by atoms with Crippen LogP contribution in [-0.2, 0) is 24.9 Å². The van der Waals surface area contributed by atoms with E-state index in [9.17, 15) is 9.59 Å². The van der Waals surface area contributed by atoms with Gasteiger partial charge in [0.25, 0.3) is 5.91 Å². The van der Waals surface area contributed by atoms with E-state index in [1.807, 2.05) is 55.4 Å². The number of aromatic nitrogens is 5. The van der Waals surface area contributed by atoms with E-state index in [0.717, 1.165) is 11.1 Å². The lowest BCUT2D eigenvalue weighted by atomic mass is 10.2. The molecule has 2 N–H and O–H groups in total. The van der Waals surface area contributed by atoms with E-state index in [0.29, 0.717) is 54.9 Å². The van der Waals surface area contributed by atoms with Gasteiger partial charge in [0.1, 0.15) is 12.4 Å². The van der Waals surface area contributed by atoms with E-state index < -0.39 is 6.04 Å². The van der Waals surface area contributed by atoms with E-state index in [1.165, 1.54) is 0 Å². The molecule has 0 saturated carbocycles. The molecular formula is C29H34N8O4. The van der Waals surface area contributed by atoms with Crippen LogP contribution in [0.5, 0.6) is 11.5 Å². The third-order valence-electron chi connectivity index (χ3n) is 6.73. The summed E-state index contributed by atoms with van der Waals surface area (Å²) in [6.45, 7) is 3.92. The fourth-order valence-corrected chi connectivity index (χ4v) is 4.73. The highest BCUT2D eigenvalue weighted by Gasteiger charge is 2.22. The quantitative estimate of drug-likeness (QED) is 0.390. The van der Waals surface area contributed by atoms with Gasteiger partial charge in [0.2, 0.25) is 5.91 Å². The molecule has 0 aliphatic carbocycles. The van der Waals surface area contributed by atoms with Crippen LogP contribution < -0.4 is 20.1 Å². The van der Waals surface area contributed by atoms with Crippen LogP contribution in [-0.4, -0.2) is 74.6 Å². The van der Waals surface area contributed by atoms with Crippen LogP contribution in [0.1, 0.15) is 34.7 Å². The van der Waals surface area contributed by atoms with Gasteiger partial charge in [0, 0.05) is 49.6 Å². The topological polar surface area (TPSA) is 128 Å². The zero-order valence-electron chi connectivity index (χ0n) is 23.4. The highest BCUT2D eigenvalue weighted by atomic mass is 16.5. The fourth-order valence-electron chi connectivity index (χ4n) is 4.73. The van der Waals surface area contributed by atoms with E-state index >= 15 is 0 Å². The normalized spacial score (nSPS) is 17.1. The third-order valence-corrected chi connectivity index (χ3v) is 6.73. The molecule has 1 aliphatic heterocycles. The fraction of sp³-hybridized carbons (Fsp3) is 0.345. The molecule has 1 atom stereocenters. The van der Waals surface area contributed by atoms with Crippen molar-refractivity contribution in [3.05, 3.63) is 77.9 Å². The Bertz CT molecular complexity index is 1500. The van der Waals surface area contributed by atoms with Gasteiger partial charge in [-0.3, -0.25) is 19.2 Å². The number of fused-ring (bicyclic) bond motifs is 3. The summed E-state index contributed by atoms with van der Waals surface area (Å²) in [4.78, 5) is 33.0. The number of nitrogens with one attached hydrogen (secondary N) is 2. The average Bonchev–Trinajstić information content (AvgIpc) is 3.58. The largest absolute Gasteiger partial charge is 0.493 e. The van der Waals surface area contributed by atoms with Gasteiger partial charge in [-0.2, -0.15) is 10.2 Å². The number of carbonyl (C=O) groups excluding carboxylic acids is 2. The molecule has 1 aliphatic rings. The molecule has 0 unspecified atom stereocenters. The molecule has 214 valence electrons.